The molecule has 0 aromatic rings. The molecule has 1 rings (SSSR count). The van der Waals surface area contributed by atoms with E-state index in [2.05, 4.69) is 28.3 Å². The first-order chi connectivity index (χ1) is 14.6. The second-order valence-electron chi connectivity index (χ2n) is 7.07. The fraction of sp³-hybridized carbons (Fsp3) is 0.706. The van der Waals surface area contributed by atoms with Gasteiger partial charge in [-0.2, -0.15) is 12.6 Å². The van der Waals surface area contributed by atoms with Crippen molar-refractivity contribution in [2.75, 3.05) is 25.4 Å². The molecular formula is C17H31N7O6S. The molecule has 0 radical (unpaired) electrons. The number of carboxylic acids is 1. The molecular weight excluding hydrogens is 430 g/mol. The average Bonchev–Trinajstić information content (AvgIpc) is 3.22. The number of amides is 3. The number of aliphatic imine (C=N–C) groups is 1. The molecule has 0 saturated carbocycles. The van der Waals surface area contributed by atoms with Gasteiger partial charge in [0, 0.05) is 18.8 Å². The third-order valence-corrected chi connectivity index (χ3v) is 5.12. The molecule has 0 aromatic heterocycles. The number of rotatable bonds is 12. The Kier molecular flexibility index (Phi) is 11.1. The number of likely N-dealkylation sites (tertiary alicyclic amines) is 1. The molecule has 14 heteroatoms. The summed E-state index contributed by atoms with van der Waals surface area (Å²) < 4.78 is 0. The molecule has 0 aliphatic carbocycles. The second kappa shape index (κ2) is 13.0. The van der Waals surface area contributed by atoms with Crippen LogP contribution in [0.2, 0.25) is 0 Å². The van der Waals surface area contributed by atoms with Crippen molar-refractivity contribution in [1.82, 2.24) is 15.5 Å². The van der Waals surface area contributed by atoms with Gasteiger partial charge in [-0.15, -0.1) is 0 Å². The molecule has 1 aliphatic rings. The number of nitrogens with zero attached hydrogens (tertiary/aromatic N) is 2. The monoisotopic (exact) mass is 461 g/mol. The summed E-state index contributed by atoms with van der Waals surface area (Å²) in [6, 6.07) is -4.40. The predicted octanol–water partition coefficient (Wildman–Crippen LogP) is -3.67. The van der Waals surface area contributed by atoms with Crippen LogP contribution in [0.15, 0.2) is 4.99 Å². The van der Waals surface area contributed by atoms with E-state index in [4.69, 9.17) is 17.2 Å². The van der Waals surface area contributed by atoms with Crippen molar-refractivity contribution >= 4 is 42.3 Å². The van der Waals surface area contributed by atoms with Crippen molar-refractivity contribution in [3.8, 4) is 0 Å². The lowest BCUT2D eigenvalue weighted by molar-refractivity contribution is -0.149. The zero-order chi connectivity index (χ0) is 23.6. The van der Waals surface area contributed by atoms with Crippen LogP contribution in [0.25, 0.3) is 0 Å². The van der Waals surface area contributed by atoms with Crippen LogP contribution in [0, 0.1) is 0 Å². The Morgan fingerprint density at radius 2 is 1.81 bits per heavy atom. The second-order valence-corrected chi connectivity index (χ2v) is 7.44. The van der Waals surface area contributed by atoms with Gasteiger partial charge in [0.15, 0.2) is 5.96 Å². The van der Waals surface area contributed by atoms with E-state index in [1.807, 2.05) is 0 Å². The maximum atomic E-state index is 13.0. The molecule has 1 fully saturated rings. The van der Waals surface area contributed by atoms with Gasteiger partial charge in [-0.1, -0.05) is 0 Å². The van der Waals surface area contributed by atoms with Crippen molar-refractivity contribution in [3.05, 3.63) is 0 Å². The van der Waals surface area contributed by atoms with Gasteiger partial charge in [-0.3, -0.25) is 19.4 Å². The molecule has 3 amide bonds. The summed E-state index contributed by atoms with van der Waals surface area (Å²) in [7, 11) is 0. The number of hydrogen-bond donors (Lipinski definition) is 8. The fourth-order valence-corrected chi connectivity index (χ4v) is 3.24. The van der Waals surface area contributed by atoms with Gasteiger partial charge in [0.25, 0.3) is 0 Å². The molecule has 10 N–H and O–H groups in total. The molecule has 4 atom stereocenters. The van der Waals surface area contributed by atoms with E-state index in [0.29, 0.717) is 19.3 Å². The highest BCUT2D eigenvalue weighted by Crippen LogP contribution is 2.19. The molecule has 1 heterocycles. The first-order valence-corrected chi connectivity index (χ1v) is 10.4. The number of aliphatic hydroxyl groups is 1. The minimum atomic E-state index is -1.35. The van der Waals surface area contributed by atoms with E-state index in [0.717, 1.165) is 0 Å². The summed E-state index contributed by atoms with van der Waals surface area (Å²) >= 11 is 3.90. The van der Waals surface area contributed by atoms with Gasteiger partial charge >= 0.3 is 5.97 Å². The lowest BCUT2D eigenvalue weighted by Gasteiger charge is -2.28. The Labute approximate surface area is 185 Å². The molecule has 1 aliphatic heterocycles. The fourth-order valence-electron chi connectivity index (χ4n) is 3.08. The van der Waals surface area contributed by atoms with Gasteiger partial charge in [-0.25, -0.2) is 4.79 Å². The van der Waals surface area contributed by atoms with Crippen molar-refractivity contribution in [3.63, 3.8) is 0 Å². The van der Waals surface area contributed by atoms with E-state index in [1.54, 1.807) is 0 Å². The van der Waals surface area contributed by atoms with Crippen molar-refractivity contribution in [2.45, 2.75) is 49.9 Å². The lowest BCUT2D eigenvalue weighted by Crippen LogP contribution is -2.58. The minimum Gasteiger partial charge on any atom is -0.480 e. The number of aliphatic hydroxyl groups excluding tert-OH is 1. The maximum absolute atomic E-state index is 13.0. The third kappa shape index (κ3) is 8.22. The predicted molar refractivity (Wildman–Crippen MR) is 115 cm³/mol. The van der Waals surface area contributed by atoms with E-state index in [1.165, 1.54) is 4.90 Å². The topological polar surface area (TPSA) is 226 Å². The van der Waals surface area contributed by atoms with Crippen LogP contribution in [0.4, 0.5) is 0 Å². The Morgan fingerprint density at radius 1 is 1.16 bits per heavy atom. The van der Waals surface area contributed by atoms with Gasteiger partial charge in [0.05, 0.1) is 12.6 Å². The standard InChI is InChI=1S/C17H31N7O6S/c18-9(8-31)13(26)23-11(7-25)14(27)22-10(3-1-5-21-17(19)20)15(28)24-6-2-4-12(24)16(29)30/h9-12,25,31H,1-8,18H2,(H,22,27)(H,23,26)(H,29,30)(H4,19,20,21). The molecule has 0 aromatic carbocycles. The SMILES string of the molecule is NC(N)=NCCCC(NC(=O)C(CO)NC(=O)C(N)CS)C(=O)N1CCCC1C(=O)O. The number of nitrogens with one attached hydrogen (secondary N) is 2. The first-order valence-electron chi connectivity index (χ1n) is 9.79. The molecule has 176 valence electrons. The number of guanidine groups is 1. The number of thiol groups is 1. The Hall–Kier alpha value is -2.58. The van der Waals surface area contributed by atoms with Gasteiger partial charge in [0.1, 0.15) is 18.1 Å². The number of aliphatic carboxylic acids is 1. The number of carbonyl (C=O) groups excluding carboxylic acids is 3. The smallest absolute Gasteiger partial charge is 0.326 e. The highest BCUT2D eigenvalue weighted by atomic mass is 32.1. The van der Waals surface area contributed by atoms with Gasteiger partial charge in [0.2, 0.25) is 17.7 Å². The van der Waals surface area contributed by atoms with E-state index in [-0.39, 0.29) is 31.2 Å². The lowest BCUT2D eigenvalue weighted by atomic mass is 10.1. The van der Waals surface area contributed by atoms with Crippen molar-refractivity contribution in [2.24, 2.45) is 22.2 Å². The summed E-state index contributed by atoms with van der Waals surface area (Å²) in [5.41, 5.74) is 16.1. The maximum Gasteiger partial charge on any atom is 0.326 e. The quantitative estimate of drug-likeness (QED) is 0.0619. The molecule has 0 bridgehead atoms. The minimum absolute atomic E-state index is 0.0308. The van der Waals surface area contributed by atoms with Crippen LogP contribution in [0.3, 0.4) is 0 Å². The molecule has 31 heavy (non-hydrogen) atoms. The van der Waals surface area contributed by atoms with Crippen molar-refractivity contribution < 1.29 is 29.4 Å². The van der Waals surface area contributed by atoms with Crippen LogP contribution >= 0.6 is 12.6 Å². The van der Waals surface area contributed by atoms with Crippen LogP contribution in [0.1, 0.15) is 25.7 Å². The number of carbonyl (C=O) groups is 4. The summed E-state index contributed by atoms with van der Waals surface area (Å²) in [6.45, 7) is -0.290. The van der Waals surface area contributed by atoms with Crippen LogP contribution < -0.4 is 27.8 Å². The first kappa shape index (κ1) is 26.5. The van der Waals surface area contributed by atoms with Crippen LogP contribution in [-0.2, 0) is 19.2 Å². The summed E-state index contributed by atoms with van der Waals surface area (Å²) in [6.07, 6.45) is 1.27. The molecule has 4 unspecified atom stereocenters. The number of hydrogen-bond acceptors (Lipinski definition) is 8. The van der Waals surface area contributed by atoms with Crippen LogP contribution in [-0.4, -0.2) is 94.4 Å². The summed E-state index contributed by atoms with van der Waals surface area (Å²) in [5.74, 6) is -3.29. The van der Waals surface area contributed by atoms with E-state index in [9.17, 15) is 29.4 Å². The Balaban J connectivity index is 2.92. The van der Waals surface area contributed by atoms with Crippen molar-refractivity contribution in [1.29, 1.82) is 0 Å². The zero-order valence-electron chi connectivity index (χ0n) is 17.1. The normalized spacial score (nSPS) is 18.5. The Bertz CT molecular complexity index is 688. The highest BCUT2D eigenvalue weighted by molar-refractivity contribution is 7.80. The number of carboxylic acid groups (broad SMARTS) is 1. The van der Waals surface area contributed by atoms with E-state index >= 15 is 0 Å². The zero-order valence-corrected chi connectivity index (χ0v) is 18.0. The van der Waals surface area contributed by atoms with Gasteiger partial charge in [-0.05, 0) is 25.7 Å². The van der Waals surface area contributed by atoms with Gasteiger partial charge < -0.3 is 42.9 Å². The Morgan fingerprint density at radius 3 is 2.35 bits per heavy atom. The highest BCUT2D eigenvalue weighted by Gasteiger charge is 2.38. The average molecular weight is 462 g/mol. The largest absolute Gasteiger partial charge is 0.480 e. The summed E-state index contributed by atoms with van der Waals surface area (Å²) in [5, 5.41) is 23.6. The van der Waals surface area contributed by atoms with E-state index < -0.39 is 54.5 Å². The third-order valence-electron chi connectivity index (χ3n) is 4.73. The molecule has 1 saturated heterocycles. The summed E-state index contributed by atoms with van der Waals surface area (Å²) in [4.78, 5) is 54.0. The molecule has 13 nitrogen and oxygen atoms in total. The molecule has 0 spiro atoms. The number of nitrogens with two attached hydrogens (primary N) is 3. The van der Waals surface area contributed by atoms with Crippen LogP contribution in [0.5, 0.6) is 0 Å².